The number of rotatable bonds is 3. The number of nitrogens with zero attached hydrogens (tertiary/aromatic N) is 1. The fraction of sp³-hybridized carbons (Fsp3) is 0.818. The summed E-state index contributed by atoms with van der Waals surface area (Å²) in [7, 11) is 3.01. The topological polar surface area (TPSA) is 46.6 Å². The lowest BCUT2D eigenvalue weighted by Crippen LogP contribution is -2.36. The van der Waals surface area contributed by atoms with Gasteiger partial charge < -0.3 is 9.64 Å². The fourth-order valence-corrected chi connectivity index (χ4v) is 2.56. The summed E-state index contributed by atoms with van der Waals surface area (Å²) in [5.41, 5.74) is 0. The lowest BCUT2D eigenvalue weighted by atomic mass is 10.0. The minimum Gasteiger partial charge on any atom is -0.468 e. The maximum Gasteiger partial charge on any atom is 0.325 e. The highest BCUT2D eigenvalue weighted by atomic mass is 16.5. The van der Waals surface area contributed by atoms with E-state index in [1.165, 1.54) is 18.4 Å². The molecule has 0 aromatic rings. The Balaban J connectivity index is 1.82. The van der Waals surface area contributed by atoms with Gasteiger partial charge in [0.2, 0.25) is 5.91 Å². The Morgan fingerprint density at radius 2 is 1.87 bits per heavy atom. The summed E-state index contributed by atoms with van der Waals surface area (Å²) in [6.07, 6.45) is 3.36. The van der Waals surface area contributed by atoms with Crippen LogP contribution in [0.4, 0.5) is 0 Å². The van der Waals surface area contributed by atoms with Crippen LogP contribution in [-0.2, 0) is 14.3 Å². The van der Waals surface area contributed by atoms with Crippen molar-refractivity contribution in [2.24, 2.45) is 17.8 Å². The van der Waals surface area contributed by atoms with Crippen molar-refractivity contribution in [3.05, 3.63) is 0 Å². The first-order chi connectivity index (χ1) is 7.11. The minimum absolute atomic E-state index is 0.0706. The van der Waals surface area contributed by atoms with Crippen LogP contribution in [0.3, 0.4) is 0 Å². The van der Waals surface area contributed by atoms with Gasteiger partial charge in [-0.05, 0) is 31.1 Å². The van der Waals surface area contributed by atoms with Gasteiger partial charge in [-0.3, -0.25) is 9.59 Å². The Bertz CT molecular complexity index is 280. The summed E-state index contributed by atoms with van der Waals surface area (Å²) in [4.78, 5) is 24.4. The lowest BCUT2D eigenvalue weighted by molar-refractivity contribution is -0.147. The van der Waals surface area contributed by atoms with E-state index in [0.717, 1.165) is 24.7 Å². The largest absolute Gasteiger partial charge is 0.468 e. The highest BCUT2D eigenvalue weighted by Gasteiger charge is 2.48. The predicted molar refractivity (Wildman–Crippen MR) is 54.0 cm³/mol. The second-order valence-corrected chi connectivity index (χ2v) is 4.69. The molecule has 2 saturated carbocycles. The highest BCUT2D eigenvalue weighted by Crippen LogP contribution is 2.54. The van der Waals surface area contributed by atoms with E-state index < -0.39 is 0 Å². The third kappa shape index (κ3) is 2.13. The fourth-order valence-electron chi connectivity index (χ4n) is 2.56. The van der Waals surface area contributed by atoms with Crippen LogP contribution < -0.4 is 0 Å². The number of amides is 1. The number of hydrogen-bond donors (Lipinski definition) is 0. The van der Waals surface area contributed by atoms with Crippen molar-refractivity contribution in [2.45, 2.75) is 19.3 Å². The summed E-state index contributed by atoms with van der Waals surface area (Å²) in [5, 5.41) is 0. The standard InChI is InChI=1S/C11H17NO3/c1-12(6-10(13)15-2)11(14)9-4-7-3-8(7)5-9/h7-9H,3-6H2,1-2H3. The summed E-state index contributed by atoms with van der Waals surface area (Å²) >= 11 is 0. The molecule has 0 bridgehead atoms. The number of carbonyl (C=O) groups excluding carboxylic acids is 2. The molecule has 2 unspecified atom stereocenters. The van der Waals surface area contributed by atoms with Crippen LogP contribution in [0.15, 0.2) is 0 Å². The molecule has 2 rings (SSSR count). The molecule has 0 aromatic carbocycles. The van der Waals surface area contributed by atoms with E-state index in [1.807, 2.05) is 0 Å². The highest BCUT2D eigenvalue weighted by molar-refractivity contribution is 5.83. The second kappa shape index (κ2) is 3.83. The number of methoxy groups -OCH3 is 1. The van der Waals surface area contributed by atoms with Gasteiger partial charge in [0.25, 0.3) is 0 Å². The van der Waals surface area contributed by atoms with Crippen LogP contribution in [0.5, 0.6) is 0 Å². The van der Waals surface area contributed by atoms with Crippen molar-refractivity contribution in [1.29, 1.82) is 0 Å². The SMILES string of the molecule is COC(=O)CN(C)C(=O)C1CC2CC2C1. The zero-order chi connectivity index (χ0) is 11.0. The quantitative estimate of drug-likeness (QED) is 0.644. The van der Waals surface area contributed by atoms with Crippen molar-refractivity contribution < 1.29 is 14.3 Å². The first-order valence-electron chi connectivity index (χ1n) is 5.43. The van der Waals surface area contributed by atoms with E-state index in [0.29, 0.717) is 0 Å². The summed E-state index contributed by atoms with van der Waals surface area (Å²) in [6.45, 7) is 0.0706. The molecule has 0 aromatic heterocycles. The van der Waals surface area contributed by atoms with Crippen LogP contribution in [0.1, 0.15) is 19.3 Å². The minimum atomic E-state index is -0.353. The number of fused-ring (bicyclic) bond motifs is 1. The van der Waals surface area contributed by atoms with Crippen molar-refractivity contribution in [3.8, 4) is 0 Å². The summed E-state index contributed by atoms with van der Waals surface area (Å²) in [5.74, 6) is 1.50. The number of hydrogen-bond acceptors (Lipinski definition) is 3. The first-order valence-corrected chi connectivity index (χ1v) is 5.43. The number of esters is 1. The normalized spacial score (nSPS) is 32.0. The Kier molecular flexibility index (Phi) is 2.67. The molecule has 0 heterocycles. The third-order valence-electron chi connectivity index (χ3n) is 3.56. The van der Waals surface area contributed by atoms with Gasteiger partial charge in [0.05, 0.1) is 7.11 Å². The van der Waals surface area contributed by atoms with Gasteiger partial charge in [0.1, 0.15) is 6.54 Å². The van der Waals surface area contributed by atoms with Crippen LogP contribution >= 0.6 is 0 Å². The van der Waals surface area contributed by atoms with Gasteiger partial charge in [-0.1, -0.05) is 0 Å². The average molecular weight is 211 g/mol. The van der Waals surface area contributed by atoms with Crippen LogP contribution in [0, 0.1) is 17.8 Å². The average Bonchev–Trinajstić information content (AvgIpc) is 2.84. The van der Waals surface area contributed by atoms with Gasteiger partial charge in [-0.15, -0.1) is 0 Å². The van der Waals surface area contributed by atoms with Crippen LogP contribution in [-0.4, -0.2) is 37.5 Å². The van der Waals surface area contributed by atoms with E-state index in [-0.39, 0.29) is 24.3 Å². The molecule has 0 aliphatic heterocycles. The zero-order valence-electron chi connectivity index (χ0n) is 9.23. The van der Waals surface area contributed by atoms with Crippen molar-refractivity contribution in [3.63, 3.8) is 0 Å². The second-order valence-electron chi connectivity index (χ2n) is 4.69. The van der Waals surface area contributed by atoms with Crippen molar-refractivity contribution in [1.82, 2.24) is 4.90 Å². The molecule has 0 radical (unpaired) electrons. The van der Waals surface area contributed by atoms with E-state index in [9.17, 15) is 9.59 Å². The smallest absolute Gasteiger partial charge is 0.325 e. The van der Waals surface area contributed by atoms with Gasteiger partial charge in [-0.25, -0.2) is 0 Å². The Morgan fingerprint density at radius 3 is 2.40 bits per heavy atom. The Morgan fingerprint density at radius 1 is 1.27 bits per heavy atom. The van der Waals surface area contributed by atoms with E-state index >= 15 is 0 Å². The number of likely N-dealkylation sites (N-methyl/N-ethyl adjacent to an activating group) is 1. The van der Waals surface area contributed by atoms with E-state index in [4.69, 9.17) is 0 Å². The van der Waals surface area contributed by atoms with Crippen molar-refractivity contribution in [2.75, 3.05) is 20.7 Å². The van der Waals surface area contributed by atoms with Crippen molar-refractivity contribution >= 4 is 11.9 Å². The molecule has 1 amide bonds. The molecule has 2 aliphatic rings. The van der Waals surface area contributed by atoms with Gasteiger partial charge in [0.15, 0.2) is 0 Å². The molecule has 15 heavy (non-hydrogen) atoms. The molecule has 0 N–H and O–H groups in total. The Labute approximate surface area is 89.6 Å². The monoisotopic (exact) mass is 211 g/mol. The molecule has 4 nitrogen and oxygen atoms in total. The molecule has 84 valence electrons. The zero-order valence-corrected chi connectivity index (χ0v) is 9.23. The molecule has 2 atom stereocenters. The Hall–Kier alpha value is -1.06. The predicted octanol–water partition coefficient (Wildman–Crippen LogP) is 0.664. The molecule has 0 saturated heterocycles. The van der Waals surface area contributed by atoms with E-state index in [2.05, 4.69) is 4.74 Å². The van der Waals surface area contributed by atoms with Crippen LogP contribution in [0.2, 0.25) is 0 Å². The summed E-state index contributed by atoms with van der Waals surface area (Å²) < 4.78 is 4.53. The third-order valence-corrected chi connectivity index (χ3v) is 3.56. The van der Waals surface area contributed by atoms with Crippen LogP contribution in [0.25, 0.3) is 0 Å². The van der Waals surface area contributed by atoms with E-state index in [1.54, 1.807) is 7.05 Å². The number of carbonyl (C=O) groups is 2. The molecule has 2 fully saturated rings. The molecular formula is C11H17NO3. The first kappa shape index (κ1) is 10.5. The molecule has 0 spiro atoms. The molecule has 2 aliphatic carbocycles. The van der Waals surface area contributed by atoms with Gasteiger partial charge >= 0.3 is 5.97 Å². The summed E-state index contributed by atoms with van der Waals surface area (Å²) in [6, 6.07) is 0. The number of ether oxygens (including phenoxy) is 1. The molecule has 4 heteroatoms. The maximum atomic E-state index is 11.9. The molecular weight excluding hydrogens is 194 g/mol. The maximum absolute atomic E-state index is 11.9. The lowest BCUT2D eigenvalue weighted by Gasteiger charge is -2.20. The van der Waals surface area contributed by atoms with Gasteiger partial charge in [-0.2, -0.15) is 0 Å². The van der Waals surface area contributed by atoms with Gasteiger partial charge in [0, 0.05) is 13.0 Å².